The predicted molar refractivity (Wildman–Crippen MR) is 76.5 cm³/mol. The largest absolute Gasteiger partial charge is 0.496 e. The van der Waals surface area contributed by atoms with E-state index < -0.39 is 4.92 Å². The van der Waals surface area contributed by atoms with Crippen LogP contribution in [0.25, 0.3) is 5.57 Å². The average Bonchev–Trinajstić information content (AvgIpc) is 2.48. The van der Waals surface area contributed by atoms with Gasteiger partial charge in [0.2, 0.25) is 0 Å². The molecule has 0 aliphatic heterocycles. The quantitative estimate of drug-likeness (QED) is 0.434. The van der Waals surface area contributed by atoms with Crippen molar-refractivity contribution in [3.05, 3.63) is 33.9 Å². The average molecular weight is 278 g/mol. The van der Waals surface area contributed by atoms with Gasteiger partial charge < -0.3 is 4.74 Å². The van der Waals surface area contributed by atoms with Crippen LogP contribution in [-0.4, -0.2) is 42.5 Å². The van der Waals surface area contributed by atoms with Gasteiger partial charge in [-0.1, -0.05) is 13.8 Å². The summed E-state index contributed by atoms with van der Waals surface area (Å²) >= 11 is 0. The molecule has 0 radical (unpaired) electrons. The summed E-state index contributed by atoms with van der Waals surface area (Å²) in [6.45, 7) is 5.90. The molecule has 0 saturated heterocycles. The lowest BCUT2D eigenvalue weighted by molar-refractivity contribution is -0.384. The van der Waals surface area contributed by atoms with E-state index >= 15 is 0 Å². The van der Waals surface area contributed by atoms with Crippen LogP contribution in [0.1, 0.15) is 19.4 Å². The molecule has 0 unspecified atom stereocenters. The lowest BCUT2D eigenvalue weighted by Gasteiger charge is -2.19. The molecule has 1 aromatic carbocycles. The summed E-state index contributed by atoms with van der Waals surface area (Å²) in [6.07, 6.45) is 0. The summed E-state index contributed by atoms with van der Waals surface area (Å²) in [5.74, 6) is 2.31. The first kappa shape index (κ1) is 15.9. The van der Waals surface area contributed by atoms with Crippen LogP contribution in [0.15, 0.2) is 18.2 Å². The maximum Gasteiger partial charge on any atom is 0.270 e. The monoisotopic (exact) mass is 278 g/mol. The molecular formula is C14H18N2O4. The van der Waals surface area contributed by atoms with Crippen molar-refractivity contribution in [2.45, 2.75) is 13.8 Å². The Morgan fingerprint density at radius 2 is 2.05 bits per heavy atom. The molecule has 0 amide bonds. The zero-order valence-corrected chi connectivity index (χ0v) is 11.9. The molecule has 6 heteroatoms. The number of likely N-dealkylation sites (N-methyl/N-ethyl adjacent to an activating group) is 1. The highest BCUT2D eigenvalue weighted by molar-refractivity contribution is 5.91. The molecule has 0 atom stereocenters. The Morgan fingerprint density at radius 3 is 2.50 bits per heavy atom. The van der Waals surface area contributed by atoms with E-state index in [0.29, 0.717) is 23.4 Å². The van der Waals surface area contributed by atoms with Crippen molar-refractivity contribution in [3.8, 4) is 5.75 Å². The van der Waals surface area contributed by atoms with Crippen molar-refractivity contribution in [1.29, 1.82) is 0 Å². The number of ether oxygens (including phenoxy) is 1. The molecule has 20 heavy (non-hydrogen) atoms. The topological polar surface area (TPSA) is 72.7 Å². The highest BCUT2D eigenvalue weighted by Gasteiger charge is 2.17. The molecule has 108 valence electrons. The molecule has 0 fully saturated rings. The van der Waals surface area contributed by atoms with E-state index in [-0.39, 0.29) is 5.69 Å². The number of nitro groups is 1. The molecular weight excluding hydrogens is 260 g/mol. The molecule has 0 aliphatic carbocycles. The summed E-state index contributed by atoms with van der Waals surface area (Å²) in [6, 6.07) is 4.19. The predicted octanol–water partition coefficient (Wildman–Crippen LogP) is 2.16. The van der Waals surface area contributed by atoms with Crippen LogP contribution >= 0.6 is 0 Å². The van der Waals surface area contributed by atoms with Crippen molar-refractivity contribution in [2.75, 3.05) is 26.7 Å². The highest BCUT2D eigenvalue weighted by atomic mass is 16.6. The number of benzene rings is 1. The van der Waals surface area contributed by atoms with Crippen LogP contribution in [0.2, 0.25) is 0 Å². The standard InChI is InChI=1S/C14H18N2O4/c1-4-15(5-2)9-11(10-17)13-8-12(16(18)19)6-7-14(13)20-3/h6-8H,4-5,9H2,1-3H3. The fourth-order valence-electron chi connectivity index (χ4n) is 1.89. The van der Waals surface area contributed by atoms with E-state index in [1.807, 2.05) is 24.7 Å². The summed E-state index contributed by atoms with van der Waals surface area (Å²) in [5, 5.41) is 10.8. The molecule has 1 rings (SSSR count). The van der Waals surface area contributed by atoms with E-state index in [4.69, 9.17) is 4.74 Å². The molecule has 0 N–H and O–H groups in total. The van der Waals surface area contributed by atoms with Crippen LogP contribution in [0.4, 0.5) is 5.69 Å². The van der Waals surface area contributed by atoms with Gasteiger partial charge in [0, 0.05) is 24.2 Å². The Bertz CT molecular complexity index is 532. The third-order valence-electron chi connectivity index (χ3n) is 3.12. The van der Waals surface area contributed by atoms with Crippen molar-refractivity contribution in [1.82, 2.24) is 4.90 Å². The van der Waals surface area contributed by atoms with E-state index in [1.165, 1.54) is 25.3 Å². The number of non-ortho nitro benzene ring substituents is 1. The minimum Gasteiger partial charge on any atom is -0.496 e. The molecule has 0 spiro atoms. The van der Waals surface area contributed by atoms with Gasteiger partial charge in [-0.15, -0.1) is 0 Å². The van der Waals surface area contributed by atoms with Gasteiger partial charge in [-0.25, -0.2) is 4.79 Å². The second kappa shape index (κ2) is 7.43. The third kappa shape index (κ3) is 3.66. The number of carbonyl (C=O) groups excluding carboxylic acids is 1. The molecule has 0 aromatic heterocycles. The minimum absolute atomic E-state index is 0.0758. The summed E-state index contributed by atoms with van der Waals surface area (Å²) in [4.78, 5) is 23.6. The van der Waals surface area contributed by atoms with Gasteiger partial charge in [0.05, 0.1) is 17.6 Å². The van der Waals surface area contributed by atoms with Crippen molar-refractivity contribution < 1.29 is 14.5 Å². The number of rotatable bonds is 7. The van der Waals surface area contributed by atoms with Crippen LogP contribution in [0.5, 0.6) is 5.75 Å². The highest BCUT2D eigenvalue weighted by Crippen LogP contribution is 2.29. The number of hydrogen-bond donors (Lipinski definition) is 0. The Morgan fingerprint density at radius 1 is 1.40 bits per heavy atom. The number of nitro benzene ring substituents is 1. The van der Waals surface area contributed by atoms with E-state index in [9.17, 15) is 14.9 Å². The molecule has 0 bridgehead atoms. The second-order valence-corrected chi connectivity index (χ2v) is 4.18. The zero-order valence-electron chi connectivity index (χ0n) is 11.9. The Kier molecular flexibility index (Phi) is 5.90. The molecule has 6 nitrogen and oxygen atoms in total. The van der Waals surface area contributed by atoms with Crippen molar-refractivity contribution >= 4 is 17.2 Å². The Balaban J connectivity index is 3.22. The summed E-state index contributed by atoms with van der Waals surface area (Å²) in [7, 11) is 1.46. The lowest BCUT2D eigenvalue weighted by Crippen LogP contribution is -2.25. The van der Waals surface area contributed by atoms with Crippen molar-refractivity contribution in [2.24, 2.45) is 0 Å². The minimum atomic E-state index is -0.497. The SMILES string of the molecule is CCN(CC)CC(=C=O)c1cc([N+](=O)[O-])ccc1OC. The van der Waals surface area contributed by atoms with Gasteiger partial charge in [-0.05, 0) is 19.2 Å². The van der Waals surface area contributed by atoms with Gasteiger partial charge in [-0.2, -0.15) is 0 Å². The summed E-state index contributed by atoms with van der Waals surface area (Å²) in [5.41, 5.74) is 0.700. The number of nitrogens with zero attached hydrogens (tertiary/aromatic N) is 2. The smallest absolute Gasteiger partial charge is 0.270 e. The second-order valence-electron chi connectivity index (χ2n) is 4.18. The van der Waals surface area contributed by atoms with E-state index in [2.05, 4.69) is 0 Å². The first-order chi connectivity index (χ1) is 9.57. The molecule has 1 aromatic rings. The zero-order chi connectivity index (χ0) is 15.1. The van der Waals surface area contributed by atoms with Crippen LogP contribution in [0.3, 0.4) is 0 Å². The van der Waals surface area contributed by atoms with E-state index in [1.54, 1.807) is 0 Å². The fraction of sp³-hybridized carbons (Fsp3) is 0.429. The normalized spacial score (nSPS) is 10.2. The van der Waals surface area contributed by atoms with Crippen molar-refractivity contribution in [3.63, 3.8) is 0 Å². The lowest BCUT2D eigenvalue weighted by atomic mass is 10.0. The number of methoxy groups -OCH3 is 1. The Labute approximate surface area is 117 Å². The van der Waals surface area contributed by atoms with Crippen LogP contribution in [-0.2, 0) is 4.79 Å². The maximum absolute atomic E-state index is 11.2. The number of hydrogen-bond acceptors (Lipinski definition) is 5. The van der Waals surface area contributed by atoms with E-state index in [0.717, 1.165) is 13.1 Å². The van der Waals surface area contributed by atoms with Crippen LogP contribution < -0.4 is 4.74 Å². The first-order valence-electron chi connectivity index (χ1n) is 6.36. The maximum atomic E-state index is 11.2. The Hall–Kier alpha value is -2.17. The third-order valence-corrected chi connectivity index (χ3v) is 3.12. The summed E-state index contributed by atoms with van der Waals surface area (Å²) < 4.78 is 5.17. The van der Waals surface area contributed by atoms with Gasteiger partial charge in [-0.3, -0.25) is 15.0 Å². The van der Waals surface area contributed by atoms with Gasteiger partial charge in [0.1, 0.15) is 11.7 Å². The first-order valence-corrected chi connectivity index (χ1v) is 6.36. The molecule has 0 saturated carbocycles. The van der Waals surface area contributed by atoms with Gasteiger partial charge in [0.25, 0.3) is 5.69 Å². The van der Waals surface area contributed by atoms with Gasteiger partial charge in [0.15, 0.2) is 0 Å². The fourth-order valence-corrected chi connectivity index (χ4v) is 1.89. The van der Waals surface area contributed by atoms with Crippen LogP contribution in [0, 0.1) is 10.1 Å². The molecule has 0 heterocycles. The van der Waals surface area contributed by atoms with Gasteiger partial charge >= 0.3 is 0 Å². The molecule has 0 aliphatic rings.